The Labute approximate surface area is 218 Å². The number of phenolic OH excluding ortho intramolecular Hbond substituents is 1. The average Bonchev–Trinajstić information content (AvgIpc) is 2.82. The molecule has 2 aromatic carbocycles. The number of nitrogens with two attached hydrogens (primary N) is 1. The van der Waals surface area contributed by atoms with Crippen molar-refractivity contribution >= 4 is 17.1 Å². The lowest BCUT2D eigenvalue weighted by atomic mass is 9.73. The summed E-state index contributed by atoms with van der Waals surface area (Å²) in [7, 11) is 0. The molecule has 0 saturated carbocycles. The van der Waals surface area contributed by atoms with Crippen LogP contribution < -0.4 is 5.73 Å². The van der Waals surface area contributed by atoms with Crippen LogP contribution in [0.25, 0.3) is 0 Å². The maximum Gasteiger partial charge on any atom is 0.416 e. The van der Waals surface area contributed by atoms with Crippen LogP contribution in [0.1, 0.15) is 77.0 Å². The van der Waals surface area contributed by atoms with E-state index in [4.69, 9.17) is 16.6 Å². The predicted octanol–water partition coefficient (Wildman–Crippen LogP) is 8.24. The molecule has 3 rings (SSSR count). The molecule has 0 fully saturated rings. The molecule has 0 unspecified atom stereocenters. The van der Waals surface area contributed by atoms with Gasteiger partial charge in [0.2, 0.25) is 0 Å². The van der Waals surface area contributed by atoms with Crippen molar-refractivity contribution in [2.45, 2.75) is 77.3 Å². The Hall–Kier alpha value is -3.35. The minimum absolute atomic E-state index is 0.0402. The van der Waals surface area contributed by atoms with E-state index in [1.54, 1.807) is 0 Å². The van der Waals surface area contributed by atoms with Crippen molar-refractivity contribution in [2.24, 2.45) is 0 Å². The zero-order chi connectivity index (χ0) is 28.0. The van der Waals surface area contributed by atoms with Crippen LogP contribution in [0.5, 0.6) is 5.75 Å². The summed E-state index contributed by atoms with van der Waals surface area (Å²) in [6.45, 7) is 11.1. The summed E-state index contributed by atoms with van der Waals surface area (Å²) in [6.07, 6.45) is 2.77. The lowest BCUT2D eigenvalue weighted by Gasteiger charge is -2.31. The highest BCUT2D eigenvalue weighted by Crippen LogP contribution is 2.43. The molecule has 37 heavy (non-hydrogen) atoms. The number of nitrogen functional groups attached to an aromatic ring is 1. The quantitative estimate of drug-likeness (QED) is 0.130. The van der Waals surface area contributed by atoms with Crippen LogP contribution in [0.3, 0.4) is 0 Å². The topological polar surface area (TPSA) is 93.9 Å². The smallest absolute Gasteiger partial charge is 0.416 e. The van der Waals surface area contributed by atoms with Gasteiger partial charge in [-0.1, -0.05) is 90.3 Å². The van der Waals surface area contributed by atoms with Gasteiger partial charge in [0.05, 0.1) is 22.7 Å². The summed E-state index contributed by atoms with van der Waals surface area (Å²) in [6, 6.07) is 14.4. The zero-order valence-electron chi connectivity index (χ0n) is 22.3. The first-order valence-electron chi connectivity index (χ1n) is 12.4. The van der Waals surface area contributed by atoms with Crippen molar-refractivity contribution in [3.8, 4) is 5.75 Å². The van der Waals surface area contributed by atoms with Crippen LogP contribution in [0, 0.1) is 10.8 Å². The first kappa shape index (κ1) is 29.9. The third-order valence-corrected chi connectivity index (χ3v) is 6.84. The summed E-state index contributed by atoms with van der Waals surface area (Å²) < 4.78 is 35.9. The summed E-state index contributed by atoms with van der Waals surface area (Å²) in [5.74, 6) is 0.210. The van der Waals surface area contributed by atoms with Crippen LogP contribution >= 0.6 is 0 Å². The minimum atomic E-state index is -4.43. The molecule has 0 spiro atoms. The molecular weight excluding hydrogens is 475 g/mol. The van der Waals surface area contributed by atoms with Gasteiger partial charge in [0, 0.05) is 11.0 Å². The number of phenols is 1. The lowest BCUT2D eigenvalue weighted by Crippen LogP contribution is -2.23. The van der Waals surface area contributed by atoms with Crippen molar-refractivity contribution in [3.63, 3.8) is 0 Å². The third-order valence-electron chi connectivity index (χ3n) is 6.84. The van der Waals surface area contributed by atoms with Gasteiger partial charge in [-0.25, -0.2) is 0 Å². The second-order valence-electron chi connectivity index (χ2n) is 10.6. The van der Waals surface area contributed by atoms with Crippen molar-refractivity contribution in [1.82, 2.24) is 0 Å². The van der Waals surface area contributed by atoms with E-state index in [0.29, 0.717) is 11.8 Å². The highest BCUT2D eigenvalue weighted by atomic mass is 19.4. The van der Waals surface area contributed by atoms with Crippen LogP contribution in [0.2, 0.25) is 0 Å². The number of halogens is 3. The highest BCUT2D eigenvalue weighted by molar-refractivity contribution is 6.49. The molecule has 7 heteroatoms. The van der Waals surface area contributed by atoms with Gasteiger partial charge in [0.15, 0.2) is 0 Å². The summed E-state index contributed by atoms with van der Waals surface area (Å²) in [5, 5.41) is 24.6. The normalized spacial score (nSPS) is 14.2. The van der Waals surface area contributed by atoms with E-state index in [-0.39, 0.29) is 22.3 Å². The van der Waals surface area contributed by atoms with Crippen LogP contribution in [0.4, 0.5) is 18.9 Å². The van der Waals surface area contributed by atoms with E-state index in [2.05, 4.69) is 52.8 Å². The SMILES string of the molecule is CCCCCC(C)(C)c1cc(N)c(O)c(C(C)(C)c2ccccc2)c1.N=C1C=CC(C(F)(F)F)=CC1=N. The Morgan fingerprint density at radius 1 is 0.865 bits per heavy atom. The maximum atomic E-state index is 12.0. The molecule has 0 aliphatic heterocycles. The largest absolute Gasteiger partial charge is 0.505 e. The Kier molecular flexibility index (Phi) is 9.53. The third kappa shape index (κ3) is 7.57. The fourth-order valence-electron chi connectivity index (χ4n) is 4.22. The number of allylic oxidation sites excluding steroid dienone is 4. The molecule has 4 nitrogen and oxygen atoms in total. The molecule has 0 heterocycles. The van der Waals surface area contributed by atoms with Gasteiger partial charge in [0.1, 0.15) is 5.75 Å². The number of hydrogen-bond acceptors (Lipinski definition) is 4. The van der Waals surface area contributed by atoms with Crippen molar-refractivity contribution in [2.75, 3.05) is 5.73 Å². The first-order chi connectivity index (χ1) is 17.1. The van der Waals surface area contributed by atoms with E-state index in [1.807, 2.05) is 24.3 Å². The minimum Gasteiger partial charge on any atom is -0.505 e. The first-order valence-corrected chi connectivity index (χ1v) is 12.4. The highest BCUT2D eigenvalue weighted by Gasteiger charge is 2.33. The molecule has 5 N–H and O–H groups in total. The average molecular weight is 514 g/mol. The lowest BCUT2D eigenvalue weighted by molar-refractivity contribution is -0.0881. The Morgan fingerprint density at radius 3 is 2.03 bits per heavy atom. The number of hydrogen-bond donors (Lipinski definition) is 4. The monoisotopic (exact) mass is 513 g/mol. The predicted molar refractivity (Wildman–Crippen MR) is 147 cm³/mol. The number of nitrogens with one attached hydrogen (secondary N) is 2. The molecule has 0 bridgehead atoms. The number of aromatic hydroxyl groups is 1. The molecule has 2 aromatic rings. The van der Waals surface area contributed by atoms with Gasteiger partial charge in [-0.05, 0) is 47.3 Å². The number of anilines is 1. The molecule has 0 aromatic heterocycles. The molecule has 0 saturated heterocycles. The van der Waals surface area contributed by atoms with Crippen molar-refractivity contribution < 1.29 is 18.3 Å². The zero-order valence-corrected chi connectivity index (χ0v) is 22.3. The molecule has 0 radical (unpaired) electrons. The second-order valence-corrected chi connectivity index (χ2v) is 10.6. The van der Waals surface area contributed by atoms with Crippen LogP contribution in [-0.4, -0.2) is 22.7 Å². The summed E-state index contributed by atoms with van der Waals surface area (Å²) >= 11 is 0. The number of benzene rings is 2. The standard InChI is InChI=1S/C23H33NO.C7H5F3N2/c1-6-7-11-14-22(2,3)18-15-19(21(25)20(24)16-18)23(4,5)17-12-9-8-10-13-17;8-7(9,10)4-1-2-5(11)6(12)3-4/h8-10,12-13,15-16,25H,6-7,11,14,24H2,1-5H3;1-3,11-12H. The second kappa shape index (κ2) is 11.8. The van der Waals surface area contributed by atoms with Gasteiger partial charge in [-0.2, -0.15) is 13.2 Å². The molecule has 200 valence electrons. The Bertz CT molecular complexity index is 1180. The molecule has 0 amide bonds. The van der Waals surface area contributed by atoms with Crippen LogP contribution in [0.15, 0.2) is 66.3 Å². The van der Waals surface area contributed by atoms with Gasteiger partial charge in [0.25, 0.3) is 0 Å². The number of unbranched alkanes of at least 4 members (excludes halogenated alkanes) is 2. The van der Waals surface area contributed by atoms with E-state index < -0.39 is 17.5 Å². The van der Waals surface area contributed by atoms with Gasteiger partial charge >= 0.3 is 6.18 Å². The molecule has 1 aliphatic rings. The van der Waals surface area contributed by atoms with Gasteiger partial charge < -0.3 is 10.8 Å². The van der Waals surface area contributed by atoms with E-state index in [9.17, 15) is 18.3 Å². The van der Waals surface area contributed by atoms with E-state index in [1.165, 1.54) is 30.4 Å². The number of alkyl halides is 3. The number of rotatable bonds is 7. The fraction of sp³-hybridized carbons (Fsp3) is 0.400. The van der Waals surface area contributed by atoms with Gasteiger partial charge in [-0.15, -0.1) is 0 Å². The van der Waals surface area contributed by atoms with Crippen LogP contribution in [-0.2, 0) is 10.8 Å². The van der Waals surface area contributed by atoms with Gasteiger partial charge in [-0.3, -0.25) is 10.8 Å². The van der Waals surface area contributed by atoms with E-state index in [0.717, 1.165) is 24.1 Å². The fourth-order valence-corrected chi connectivity index (χ4v) is 4.22. The maximum absolute atomic E-state index is 12.0. The van der Waals surface area contributed by atoms with Crippen molar-refractivity contribution in [1.29, 1.82) is 10.8 Å². The summed E-state index contributed by atoms with van der Waals surface area (Å²) in [4.78, 5) is 0. The van der Waals surface area contributed by atoms with Crippen molar-refractivity contribution in [3.05, 3.63) is 83.0 Å². The van der Waals surface area contributed by atoms with E-state index >= 15 is 0 Å². The Morgan fingerprint density at radius 2 is 1.49 bits per heavy atom. The Balaban J connectivity index is 0.000000335. The molecule has 1 aliphatic carbocycles. The molecular formula is C30H38F3N3O. The molecule has 0 atom stereocenters. The summed E-state index contributed by atoms with van der Waals surface area (Å²) in [5.41, 5.74) is 8.17.